The molecule has 1 aliphatic carbocycles. The van der Waals surface area contributed by atoms with Gasteiger partial charge in [-0.3, -0.25) is 29.4 Å². The van der Waals surface area contributed by atoms with Crippen LogP contribution in [0.15, 0.2) is 24.3 Å². The highest BCUT2D eigenvalue weighted by Gasteiger charge is 2.60. The van der Waals surface area contributed by atoms with Gasteiger partial charge in [0.05, 0.1) is 5.41 Å². The van der Waals surface area contributed by atoms with Crippen LogP contribution < -0.4 is 5.32 Å². The second kappa shape index (κ2) is 4.75. The van der Waals surface area contributed by atoms with Crippen molar-refractivity contribution in [2.24, 2.45) is 5.41 Å². The minimum atomic E-state index is -1.28. The average Bonchev–Trinajstić information content (AvgIpc) is 3.01. The van der Waals surface area contributed by atoms with Crippen molar-refractivity contribution in [3.8, 4) is 0 Å². The summed E-state index contributed by atoms with van der Waals surface area (Å²) in [6.07, 6.45) is 1.49. The summed E-state index contributed by atoms with van der Waals surface area (Å²) < 4.78 is 0. The van der Waals surface area contributed by atoms with E-state index >= 15 is 0 Å². The second-order valence-corrected chi connectivity index (χ2v) is 7.26. The van der Waals surface area contributed by atoms with Gasteiger partial charge in [-0.15, -0.1) is 0 Å². The van der Waals surface area contributed by atoms with Crippen LogP contribution in [0.1, 0.15) is 37.3 Å². The summed E-state index contributed by atoms with van der Waals surface area (Å²) in [4.78, 5) is 50.7. The van der Waals surface area contributed by atoms with E-state index in [1.165, 1.54) is 0 Å². The van der Waals surface area contributed by atoms with Crippen LogP contribution in [-0.2, 0) is 32.0 Å². The van der Waals surface area contributed by atoms with Gasteiger partial charge < -0.3 is 0 Å². The molecule has 6 nitrogen and oxygen atoms in total. The summed E-state index contributed by atoms with van der Waals surface area (Å²) in [6, 6.07) is 7.83. The first-order valence-corrected chi connectivity index (χ1v) is 8.14. The van der Waals surface area contributed by atoms with Crippen LogP contribution in [0.25, 0.3) is 0 Å². The molecule has 2 fully saturated rings. The number of likely N-dealkylation sites (tertiary alicyclic amines) is 1. The quantitative estimate of drug-likeness (QED) is 0.771. The molecule has 6 heteroatoms. The van der Waals surface area contributed by atoms with E-state index in [4.69, 9.17) is 0 Å². The number of benzene rings is 1. The first kappa shape index (κ1) is 15.1. The van der Waals surface area contributed by atoms with Crippen LogP contribution >= 0.6 is 0 Å². The molecule has 0 radical (unpaired) electrons. The third-order valence-electron chi connectivity index (χ3n) is 5.65. The standard InChI is InChI=1S/C18H18N2O4/c1-17(7-6-13(21)19-15(17)23)20-14(22)10-18(16(20)24)8-11-4-2-3-5-12(11)9-18/h2-5H,6-10H2,1H3,(H,19,21,23). The maximum atomic E-state index is 13.2. The smallest absolute Gasteiger partial charge is 0.252 e. The molecule has 2 heterocycles. The van der Waals surface area contributed by atoms with E-state index in [1.807, 2.05) is 24.3 Å². The minimum Gasteiger partial charge on any atom is -0.294 e. The van der Waals surface area contributed by atoms with E-state index in [0.717, 1.165) is 16.0 Å². The molecule has 1 aromatic carbocycles. The number of amides is 4. The Bertz CT molecular complexity index is 775. The van der Waals surface area contributed by atoms with Gasteiger partial charge in [-0.25, -0.2) is 0 Å². The van der Waals surface area contributed by atoms with Crippen molar-refractivity contribution in [3.63, 3.8) is 0 Å². The number of rotatable bonds is 1. The number of hydrogen-bond donors (Lipinski definition) is 1. The maximum Gasteiger partial charge on any atom is 0.252 e. The normalized spacial score (nSPS) is 28.5. The monoisotopic (exact) mass is 326 g/mol. The molecule has 0 bridgehead atoms. The molecule has 0 aromatic heterocycles. The number of nitrogens with zero attached hydrogens (tertiary/aromatic N) is 1. The van der Waals surface area contributed by atoms with Crippen molar-refractivity contribution in [1.82, 2.24) is 10.2 Å². The van der Waals surface area contributed by atoms with Gasteiger partial charge in [0, 0.05) is 12.8 Å². The Balaban J connectivity index is 1.68. The van der Waals surface area contributed by atoms with Crippen molar-refractivity contribution in [2.45, 2.75) is 44.6 Å². The van der Waals surface area contributed by atoms with E-state index in [0.29, 0.717) is 12.8 Å². The predicted molar refractivity (Wildman–Crippen MR) is 83.5 cm³/mol. The predicted octanol–water partition coefficient (Wildman–Crippen LogP) is 0.726. The molecule has 124 valence electrons. The maximum absolute atomic E-state index is 13.2. The lowest BCUT2D eigenvalue weighted by molar-refractivity contribution is -0.159. The Hall–Kier alpha value is -2.50. The number of nitrogens with one attached hydrogen (secondary N) is 1. The zero-order valence-corrected chi connectivity index (χ0v) is 13.4. The zero-order chi connectivity index (χ0) is 17.1. The highest BCUT2D eigenvalue weighted by molar-refractivity contribution is 6.13. The van der Waals surface area contributed by atoms with Crippen LogP contribution in [0, 0.1) is 5.41 Å². The summed E-state index contributed by atoms with van der Waals surface area (Å²) in [5.74, 6) is -1.52. The van der Waals surface area contributed by atoms with Crippen LogP contribution in [0.5, 0.6) is 0 Å². The van der Waals surface area contributed by atoms with Gasteiger partial charge in [-0.1, -0.05) is 24.3 Å². The SMILES string of the molecule is CC1(N2C(=O)CC3(Cc4ccccc4C3)C2=O)CCC(=O)NC1=O. The molecule has 1 spiro atoms. The van der Waals surface area contributed by atoms with Crippen LogP contribution in [0.4, 0.5) is 0 Å². The fourth-order valence-electron chi connectivity index (χ4n) is 4.27. The lowest BCUT2D eigenvalue weighted by Crippen LogP contribution is -2.63. The molecule has 2 saturated heterocycles. The molecule has 3 aliphatic rings. The van der Waals surface area contributed by atoms with E-state index in [-0.39, 0.29) is 37.0 Å². The van der Waals surface area contributed by atoms with Gasteiger partial charge in [-0.05, 0) is 37.3 Å². The molecule has 4 amide bonds. The third-order valence-corrected chi connectivity index (χ3v) is 5.65. The molecule has 1 aromatic rings. The Morgan fingerprint density at radius 2 is 1.62 bits per heavy atom. The summed E-state index contributed by atoms with van der Waals surface area (Å²) in [6.45, 7) is 1.58. The van der Waals surface area contributed by atoms with E-state index in [2.05, 4.69) is 5.32 Å². The molecule has 4 rings (SSSR count). The van der Waals surface area contributed by atoms with Crippen molar-refractivity contribution in [1.29, 1.82) is 0 Å². The molecule has 0 saturated carbocycles. The largest absolute Gasteiger partial charge is 0.294 e. The Morgan fingerprint density at radius 3 is 2.21 bits per heavy atom. The number of hydrogen-bond acceptors (Lipinski definition) is 4. The van der Waals surface area contributed by atoms with Gasteiger partial charge in [0.25, 0.3) is 5.91 Å². The number of carbonyl (C=O) groups is 4. The van der Waals surface area contributed by atoms with E-state index < -0.39 is 16.9 Å². The highest BCUT2D eigenvalue weighted by Crippen LogP contribution is 2.47. The lowest BCUT2D eigenvalue weighted by atomic mass is 9.82. The minimum absolute atomic E-state index is 0.122. The van der Waals surface area contributed by atoms with Gasteiger partial charge in [0.15, 0.2) is 0 Å². The van der Waals surface area contributed by atoms with Gasteiger partial charge >= 0.3 is 0 Å². The van der Waals surface area contributed by atoms with Crippen molar-refractivity contribution in [3.05, 3.63) is 35.4 Å². The van der Waals surface area contributed by atoms with Crippen molar-refractivity contribution in [2.75, 3.05) is 0 Å². The molecule has 24 heavy (non-hydrogen) atoms. The lowest BCUT2D eigenvalue weighted by Gasteiger charge is -2.39. The average molecular weight is 326 g/mol. The van der Waals surface area contributed by atoms with Crippen molar-refractivity contribution >= 4 is 23.6 Å². The van der Waals surface area contributed by atoms with E-state index in [1.54, 1.807) is 6.92 Å². The van der Waals surface area contributed by atoms with Crippen LogP contribution in [-0.4, -0.2) is 34.1 Å². The second-order valence-electron chi connectivity index (χ2n) is 7.26. The molecular formula is C18H18N2O4. The molecular weight excluding hydrogens is 308 g/mol. The first-order valence-electron chi connectivity index (χ1n) is 8.14. The fraction of sp³-hybridized carbons (Fsp3) is 0.444. The van der Waals surface area contributed by atoms with Gasteiger partial charge in [0.2, 0.25) is 17.7 Å². The van der Waals surface area contributed by atoms with Gasteiger partial charge in [0.1, 0.15) is 5.54 Å². The summed E-state index contributed by atoms with van der Waals surface area (Å²) in [5.41, 5.74) is 0.133. The first-order chi connectivity index (χ1) is 11.4. The van der Waals surface area contributed by atoms with Crippen molar-refractivity contribution < 1.29 is 19.2 Å². The zero-order valence-electron chi connectivity index (χ0n) is 13.4. The number of imide groups is 2. The van der Waals surface area contributed by atoms with Crippen LogP contribution in [0.2, 0.25) is 0 Å². The summed E-state index contributed by atoms with van der Waals surface area (Å²) >= 11 is 0. The molecule has 1 atom stereocenters. The number of carbonyl (C=O) groups excluding carboxylic acids is 4. The molecule has 1 N–H and O–H groups in total. The fourth-order valence-corrected chi connectivity index (χ4v) is 4.27. The highest BCUT2D eigenvalue weighted by atomic mass is 16.2. The Kier molecular flexibility index (Phi) is 2.98. The number of piperidine rings is 1. The third kappa shape index (κ3) is 1.89. The Labute approximate surface area is 139 Å². The summed E-state index contributed by atoms with van der Waals surface area (Å²) in [5, 5.41) is 2.26. The Morgan fingerprint density at radius 1 is 1.00 bits per heavy atom. The van der Waals surface area contributed by atoms with Crippen LogP contribution in [0.3, 0.4) is 0 Å². The van der Waals surface area contributed by atoms with E-state index in [9.17, 15) is 19.2 Å². The molecule has 2 aliphatic heterocycles. The van der Waals surface area contributed by atoms with Gasteiger partial charge in [-0.2, -0.15) is 0 Å². The molecule has 1 unspecified atom stereocenters. The number of fused-ring (bicyclic) bond motifs is 1. The summed E-state index contributed by atoms with van der Waals surface area (Å²) in [7, 11) is 0. The topological polar surface area (TPSA) is 83.6 Å².